The van der Waals surface area contributed by atoms with Crippen LogP contribution in [0.1, 0.15) is 91.9 Å². The first-order chi connectivity index (χ1) is 17.4. The number of aliphatic hydroxyl groups is 2. The van der Waals surface area contributed by atoms with Crippen molar-refractivity contribution in [2.45, 2.75) is 104 Å². The fraction of sp³-hybridized carbons (Fsp3) is 0.966. The van der Waals surface area contributed by atoms with Gasteiger partial charge in [-0.25, -0.2) is 0 Å². The second kappa shape index (κ2) is 11.4. The maximum Gasteiger partial charge on any atom is 0.266 e. The number of amides is 1. The summed E-state index contributed by atoms with van der Waals surface area (Å²) in [5.41, 5.74) is 0.218. The van der Waals surface area contributed by atoms with Gasteiger partial charge in [-0.3, -0.25) is 9.35 Å². The van der Waals surface area contributed by atoms with Crippen LogP contribution in [0.25, 0.3) is 0 Å². The minimum absolute atomic E-state index is 0.0561. The number of aliphatic hydroxyl groups excluding tert-OH is 2. The minimum Gasteiger partial charge on any atom is -0.393 e. The fourth-order valence-corrected chi connectivity index (χ4v) is 10.3. The van der Waals surface area contributed by atoms with E-state index in [1.165, 1.54) is 19.3 Å². The molecule has 0 heterocycles. The zero-order valence-corrected chi connectivity index (χ0v) is 24.1. The topological polar surface area (TPSA) is 124 Å². The highest BCUT2D eigenvalue weighted by Crippen LogP contribution is 2.67. The van der Waals surface area contributed by atoms with E-state index in [1.54, 1.807) is 0 Å². The number of carbonyl (C=O) groups excluding carboxylic acids is 1. The molecule has 0 saturated heterocycles. The molecule has 37 heavy (non-hydrogen) atoms. The maximum absolute atomic E-state index is 12.1. The molecule has 0 aliphatic heterocycles. The SMILES string of the molecule is CC[C@H]1[C@@H](O)[C@H]2[C@@H]3CC[C@@H]([C@H](C)CCCC(=O)NCCS(=O)(=O)O)[C@H]3[C@H](C)C[C@@H]2[C@@]2(C)CC[C@@H](O)C[C@@H]12. The lowest BCUT2D eigenvalue weighted by Crippen LogP contribution is -2.61. The summed E-state index contributed by atoms with van der Waals surface area (Å²) >= 11 is 0. The van der Waals surface area contributed by atoms with Crippen LogP contribution in [0.5, 0.6) is 0 Å². The van der Waals surface area contributed by atoms with Gasteiger partial charge in [-0.15, -0.1) is 0 Å². The molecule has 12 atom stereocenters. The summed E-state index contributed by atoms with van der Waals surface area (Å²) in [5.74, 6) is 3.95. The van der Waals surface area contributed by atoms with Crippen LogP contribution in [0.2, 0.25) is 0 Å². The van der Waals surface area contributed by atoms with Gasteiger partial charge in [0.25, 0.3) is 10.1 Å². The van der Waals surface area contributed by atoms with E-state index in [0.29, 0.717) is 53.8 Å². The predicted octanol–water partition coefficient (Wildman–Crippen LogP) is 4.28. The van der Waals surface area contributed by atoms with E-state index in [2.05, 4.69) is 33.0 Å². The summed E-state index contributed by atoms with van der Waals surface area (Å²) in [7, 11) is -4.06. The van der Waals surface area contributed by atoms with Crippen molar-refractivity contribution in [1.29, 1.82) is 0 Å². The summed E-state index contributed by atoms with van der Waals surface area (Å²) in [4.78, 5) is 12.1. The Labute approximate surface area is 224 Å². The van der Waals surface area contributed by atoms with Crippen LogP contribution in [0.15, 0.2) is 0 Å². The van der Waals surface area contributed by atoms with Gasteiger partial charge >= 0.3 is 0 Å². The standard InChI is InChI=1S/C29H51NO6S/c1-5-20-23-16-19(31)11-12-29(23,4)24-15-18(3)26-21(9-10-22(26)27(24)28(20)33)17(2)7-6-8-25(32)30-13-14-37(34,35)36/h17-24,26-28,31,33H,5-16H2,1-4H3,(H,30,32)(H,34,35,36)/t17-,18-,19-,20-,21+,22-,23+,24+,26-,27+,28-,29+/m1/s1. The number of hydrogen-bond donors (Lipinski definition) is 4. The Bertz CT molecular complexity index is 910. The average molecular weight is 542 g/mol. The fourth-order valence-electron chi connectivity index (χ4n) is 9.98. The maximum atomic E-state index is 12.1. The van der Waals surface area contributed by atoms with Crippen molar-refractivity contribution in [2.24, 2.45) is 58.7 Å². The van der Waals surface area contributed by atoms with Crippen LogP contribution < -0.4 is 5.32 Å². The van der Waals surface area contributed by atoms with Gasteiger partial charge in [-0.05, 0) is 110 Å². The van der Waals surface area contributed by atoms with Crippen molar-refractivity contribution in [3.05, 3.63) is 0 Å². The third-order valence-corrected chi connectivity index (χ3v) is 12.3. The second-order valence-electron chi connectivity index (χ2n) is 13.5. The van der Waals surface area contributed by atoms with Crippen molar-refractivity contribution >= 4 is 16.0 Å². The molecule has 0 bridgehead atoms. The third-order valence-electron chi connectivity index (χ3n) is 11.6. The quantitative estimate of drug-likeness (QED) is 0.323. The molecule has 0 radical (unpaired) electrons. The monoisotopic (exact) mass is 541 g/mol. The Hall–Kier alpha value is -0.700. The first kappa shape index (κ1) is 29.3. The van der Waals surface area contributed by atoms with E-state index in [4.69, 9.17) is 4.55 Å². The molecule has 214 valence electrons. The smallest absolute Gasteiger partial charge is 0.266 e. The summed E-state index contributed by atoms with van der Waals surface area (Å²) in [6.07, 6.45) is 9.02. The second-order valence-corrected chi connectivity index (χ2v) is 15.1. The molecule has 0 unspecified atom stereocenters. The zero-order chi connectivity index (χ0) is 27.1. The van der Waals surface area contributed by atoms with Crippen molar-refractivity contribution in [1.82, 2.24) is 5.32 Å². The molecule has 4 aliphatic carbocycles. The molecule has 0 spiro atoms. The molecule has 1 amide bonds. The number of fused-ring (bicyclic) bond motifs is 5. The molecule has 4 saturated carbocycles. The van der Waals surface area contributed by atoms with Gasteiger partial charge in [-0.2, -0.15) is 8.42 Å². The molecule has 4 aliphatic rings. The highest BCUT2D eigenvalue weighted by Gasteiger charge is 2.63. The summed E-state index contributed by atoms with van der Waals surface area (Å²) in [6.45, 7) is 9.42. The Balaban J connectivity index is 1.39. The predicted molar refractivity (Wildman–Crippen MR) is 144 cm³/mol. The van der Waals surface area contributed by atoms with Gasteiger partial charge in [0.2, 0.25) is 5.91 Å². The third kappa shape index (κ3) is 5.92. The van der Waals surface area contributed by atoms with Gasteiger partial charge in [0, 0.05) is 13.0 Å². The van der Waals surface area contributed by atoms with Gasteiger partial charge in [0.15, 0.2) is 0 Å². The van der Waals surface area contributed by atoms with Crippen LogP contribution >= 0.6 is 0 Å². The summed E-state index contributed by atoms with van der Waals surface area (Å²) in [5, 5.41) is 24.9. The Morgan fingerprint density at radius 2 is 1.84 bits per heavy atom. The molecular weight excluding hydrogens is 490 g/mol. The van der Waals surface area contributed by atoms with Gasteiger partial charge < -0.3 is 15.5 Å². The molecule has 4 rings (SSSR count). The summed E-state index contributed by atoms with van der Waals surface area (Å²) < 4.78 is 30.5. The van der Waals surface area contributed by atoms with Gasteiger partial charge in [-0.1, -0.05) is 34.1 Å². The lowest BCUT2D eigenvalue weighted by molar-refractivity contribution is -0.199. The van der Waals surface area contributed by atoms with E-state index < -0.39 is 15.9 Å². The Morgan fingerprint density at radius 1 is 1.11 bits per heavy atom. The largest absolute Gasteiger partial charge is 0.393 e. The van der Waals surface area contributed by atoms with Gasteiger partial charge in [0.05, 0.1) is 18.0 Å². The molecule has 8 heteroatoms. The molecule has 0 aromatic heterocycles. The van der Waals surface area contributed by atoms with Crippen LogP contribution in [0, 0.1) is 58.7 Å². The normalized spacial score (nSPS) is 44.4. The van der Waals surface area contributed by atoms with E-state index in [0.717, 1.165) is 38.5 Å². The highest BCUT2D eigenvalue weighted by atomic mass is 32.2. The van der Waals surface area contributed by atoms with E-state index in [1.807, 2.05) is 0 Å². The zero-order valence-electron chi connectivity index (χ0n) is 23.3. The van der Waals surface area contributed by atoms with E-state index in [9.17, 15) is 23.4 Å². The van der Waals surface area contributed by atoms with E-state index >= 15 is 0 Å². The molecule has 7 nitrogen and oxygen atoms in total. The number of hydrogen-bond acceptors (Lipinski definition) is 5. The molecule has 4 fully saturated rings. The molecule has 0 aromatic rings. The van der Waals surface area contributed by atoms with Crippen molar-refractivity contribution in [3.63, 3.8) is 0 Å². The average Bonchev–Trinajstić information content (AvgIpc) is 3.26. The number of nitrogens with one attached hydrogen (secondary N) is 1. The molecule has 0 aromatic carbocycles. The van der Waals surface area contributed by atoms with Crippen molar-refractivity contribution < 1.29 is 28.0 Å². The molecule has 4 N–H and O–H groups in total. The van der Waals surface area contributed by atoms with Gasteiger partial charge in [0.1, 0.15) is 0 Å². The van der Waals surface area contributed by atoms with Crippen LogP contribution in [0.3, 0.4) is 0 Å². The highest BCUT2D eigenvalue weighted by molar-refractivity contribution is 7.85. The summed E-state index contributed by atoms with van der Waals surface area (Å²) in [6, 6.07) is 0. The van der Waals surface area contributed by atoms with Crippen molar-refractivity contribution in [3.8, 4) is 0 Å². The molecular formula is C29H51NO6S. The Morgan fingerprint density at radius 3 is 2.51 bits per heavy atom. The van der Waals surface area contributed by atoms with Crippen LogP contribution in [0.4, 0.5) is 0 Å². The Kier molecular flexibility index (Phi) is 9.04. The lowest BCUT2D eigenvalue weighted by atomic mass is 9.42. The first-order valence-corrected chi connectivity index (χ1v) is 16.6. The number of carbonyl (C=O) groups is 1. The van der Waals surface area contributed by atoms with Crippen LogP contribution in [-0.4, -0.2) is 53.6 Å². The van der Waals surface area contributed by atoms with Crippen LogP contribution in [-0.2, 0) is 14.9 Å². The minimum atomic E-state index is -4.06. The lowest BCUT2D eigenvalue weighted by Gasteiger charge is -2.64. The van der Waals surface area contributed by atoms with E-state index in [-0.39, 0.29) is 36.0 Å². The van der Waals surface area contributed by atoms with Crippen molar-refractivity contribution in [2.75, 3.05) is 12.3 Å². The number of rotatable bonds is 9. The first-order valence-electron chi connectivity index (χ1n) is 14.9.